The number of hydrogen-bond acceptors (Lipinski definition) is 3. The molecule has 144 valence electrons. The Labute approximate surface area is 159 Å². The fourth-order valence-electron chi connectivity index (χ4n) is 2.62. The van der Waals surface area contributed by atoms with E-state index in [-0.39, 0.29) is 30.7 Å². The van der Waals surface area contributed by atoms with Crippen molar-refractivity contribution in [2.75, 3.05) is 25.0 Å². The summed E-state index contributed by atoms with van der Waals surface area (Å²) < 4.78 is 12.9. The number of halogens is 1. The van der Waals surface area contributed by atoms with Gasteiger partial charge in [-0.1, -0.05) is 31.2 Å². The second-order valence-corrected chi connectivity index (χ2v) is 6.50. The summed E-state index contributed by atoms with van der Waals surface area (Å²) in [4.78, 5) is 26.2. The highest BCUT2D eigenvalue weighted by Crippen LogP contribution is 2.17. The first kappa shape index (κ1) is 20.6. The van der Waals surface area contributed by atoms with Crippen molar-refractivity contribution in [3.8, 4) is 0 Å². The van der Waals surface area contributed by atoms with Crippen LogP contribution in [0.1, 0.15) is 23.6 Å². The third kappa shape index (κ3) is 6.49. The number of anilines is 1. The van der Waals surface area contributed by atoms with Gasteiger partial charge in [0.15, 0.2) is 0 Å². The minimum Gasteiger partial charge on any atom is -0.351 e. The lowest BCUT2D eigenvalue weighted by molar-refractivity contribution is -0.123. The van der Waals surface area contributed by atoms with Gasteiger partial charge in [0.2, 0.25) is 11.8 Å². The Morgan fingerprint density at radius 3 is 2.33 bits per heavy atom. The number of amides is 2. The van der Waals surface area contributed by atoms with Gasteiger partial charge in [-0.05, 0) is 55.3 Å². The zero-order chi connectivity index (χ0) is 19.8. The van der Waals surface area contributed by atoms with Crippen LogP contribution in [0.2, 0.25) is 0 Å². The SMILES string of the molecule is CCN(CC(=O)NCc1ccc(F)cc1)CC(=O)Nc1cccc(C)c1C. The quantitative estimate of drug-likeness (QED) is 0.750. The highest BCUT2D eigenvalue weighted by atomic mass is 19.1. The van der Waals surface area contributed by atoms with E-state index in [2.05, 4.69) is 10.6 Å². The van der Waals surface area contributed by atoms with Crippen LogP contribution in [-0.2, 0) is 16.1 Å². The molecular formula is C21H26FN3O2. The summed E-state index contributed by atoms with van der Waals surface area (Å²) in [7, 11) is 0. The van der Waals surface area contributed by atoms with Crippen LogP contribution < -0.4 is 10.6 Å². The van der Waals surface area contributed by atoms with E-state index in [0.29, 0.717) is 13.1 Å². The standard InChI is InChI=1S/C21H26FN3O2/c1-4-25(13-20(26)23-12-17-8-10-18(22)11-9-17)14-21(27)24-19-7-5-6-15(2)16(19)3/h5-11H,4,12-14H2,1-3H3,(H,23,26)(H,24,27). The molecule has 5 nitrogen and oxygen atoms in total. The molecule has 0 unspecified atom stereocenters. The van der Waals surface area contributed by atoms with Crippen LogP contribution in [0.4, 0.5) is 10.1 Å². The summed E-state index contributed by atoms with van der Waals surface area (Å²) in [6, 6.07) is 11.7. The minimum absolute atomic E-state index is 0.123. The van der Waals surface area contributed by atoms with E-state index in [0.717, 1.165) is 22.4 Å². The summed E-state index contributed by atoms with van der Waals surface area (Å²) in [5.74, 6) is -0.644. The molecule has 2 N–H and O–H groups in total. The molecule has 2 aromatic rings. The molecule has 6 heteroatoms. The van der Waals surface area contributed by atoms with Crippen LogP contribution in [0.25, 0.3) is 0 Å². The molecule has 0 atom stereocenters. The summed E-state index contributed by atoms with van der Waals surface area (Å²) in [6.07, 6.45) is 0. The number of nitrogens with zero attached hydrogens (tertiary/aromatic N) is 1. The van der Waals surface area contributed by atoms with Gasteiger partial charge in [-0.3, -0.25) is 14.5 Å². The average molecular weight is 371 g/mol. The maximum atomic E-state index is 12.9. The topological polar surface area (TPSA) is 61.4 Å². The van der Waals surface area contributed by atoms with E-state index in [9.17, 15) is 14.0 Å². The van der Waals surface area contributed by atoms with Crippen LogP contribution in [-0.4, -0.2) is 36.3 Å². The average Bonchev–Trinajstić information content (AvgIpc) is 2.64. The Bertz CT molecular complexity index is 791. The number of rotatable bonds is 8. The number of likely N-dealkylation sites (N-methyl/N-ethyl adjacent to an activating group) is 1. The van der Waals surface area contributed by atoms with Gasteiger partial charge in [0.25, 0.3) is 0 Å². The molecule has 0 radical (unpaired) electrons. The van der Waals surface area contributed by atoms with Crippen molar-refractivity contribution in [2.24, 2.45) is 0 Å². The maximum absolute atomic E-state index is 12.9. The molecule has 0 bridgehead atoms. The zero-order valence-electron chi connectivity index (χ0n) is 16.0. The maximum Gasteiger partial charge on any atom is 0.238 e. The molecule has 0 aliphatic rings. The molecule has 0 saturated carbocycles. The van der Waals surface area contributed by atoms with Crippen molar-refractivity contribution in [2.45, 2.75) is 27.3 Å². The van der Waals surface area contributed by atoms with E-state index in [4.69, 9.17) is 0 Å². The van der Waals surface area contributed by atoms with Gasteiger partial charge in [0.05, 0.1) is 13.1 Å². The van der Waals surface area contributed by atoms with Crippen molar-refractivity contribution >= 4 is 17.5 Å². The highest BCUT2D eigenvalue weighted by molar-refractivity contribution is 5.93. The fraction of sp³-hybridized carbons (Fsp3) is 0.333. The second kappa shape index (κ2) is 9.83. The smallest absolute Gasteiger partial charge is 0.238 e. The monoisotopic (exact) mass is 371 g/mol. The largest absolute Gasteiger partial charge is 0.351 e. The Morgan fingerprint density at radius 1 is 1.00 bits per heavy atom. The van der Waals surface area contributed by atoms with Gasteiger partial charge in [0.1, 0.15) is 5.82 Å². The lowest BCUT2D eigenvalue weighted by Crippen LogP contribution is -2.40. The summed E-state index contributed by atoms with van der Waals surface area (Å²) in [6.45, 7) is 7.01. The van der Waals surface area contributed by atoms with E-state index >= 15 is 0 Å². The van der Waals surface area contributed by atoms with Crippen LogP contribution in [0.15, 0.2) is 42.5 Å². The Morgan fingerprint density at radius 2 is 1.67 bits per heavy atom. The fourth-order valence-corrected chi connectivity index (χ4v) is 2.62. The predicted molar refractivity (Wildman–Crippen MR) is 105 cm³/mol. The molecule has 0 spiro atoms. The number of aryl methyl sites for hydroxylation is 1. The summed E-state index contributed by atoms with van der Waals surface area (Å²) in [5, 5.41) is 5.69. The minimum atomic E-state index is -0.308. The summed E-state index contributed by atoms with van der Waals surface area (Å²) >= 11 is 0. The van der Waals surface area contributed by atoms with Crippen LogP contribution in [0, 0.1) is 19.7 Å². The van der Waals surface area contributed by atoms with Gasteiger partial charge >= 0.3 is 0 Å². The van der Waals surface area contributed by atoms with Gasteiger partial charge in [-0.25, -0.2) is 4.39 Å². The Balaban J connectivity index is 1.83. The normalized spacial score (nSPS) is 10.7. The number of benzene rings is 2. The molecule has 0 fully saturated rings. The Hall–Kier alpha value is -2.73. The molecular weight excluding hydrogens is 345 g/mol. The Kier molecular flexibility index (Phi) is 7.49. The van der Waals surface area contributed by atoms with Crippen molar-refractivity contribution in [3.05, 3.63) is 65.0 Å². The van der Waals surface area contributed by atoms with Gasteiger partial charge in [-0.15, -0.1) is 0 Å². The first-order valence-electron chi connectivity index (χ1n) is 8.98. The zero-order valence-corrected chi connectivity index (χ0v) is 16.0. The van der Waals surface area contributed by atoms with E-state index in [1.54, 1.807) is 17.0 Å². The molecule has 2 aromatic carbocycles. The molecule has 0 aliphatic carbocycles. The number of hydrogen-bond donors (Lipinski definition) is 2. The molecule has 27 heavy (non-hydrogen) atoms. The lowest BCUT2D eigenvalue weighted by atomic mass is 10.1. The molecule has 0 saturated heterocycles. The summed E-state index contributed by atoms with van der Waals surface area (Å²) in [5.41, 5.74) is 3.75. The first-order chi connectivity index (χ1) is 12.9. The molecule has 0 aromatic heterocycles. The first-order valence-corrected chi connectivity index (χ1v) is 8.98. The van der Waals surface area contributed by atoms with Crippen LogP contribution >= 0.6 is 0 Å². The number of carbonyl (C=O) groups excluding carboxylic acids is 2. The van der Waals surface area contributed by atoms with Gasteiger partial charge < -0.3 is 10.6 Å². The number of nitrogens with one attached hydrogen (secondary N) is 2. The number of carbonyl (C=O) groups is 2. The predicted octanol–water partition coefficient (Wildman–Crippen LogP) is 3.02. The highest BCUT2D eigenvalue weighted by Gasteiger charge is 2.14. The third-order valence-corrected chi connectivity index (χ3v) is 4.46. The lowest BCUT2D eigenvalue weighted by Gasteiger charge is -2.20. The van der Waals surface area contributed by atoms with Crippen LogP contribution in [0.5, 0.6) is 0 Å². The molecule has 0 heterocycles. The van der Waals surface area contributed by atoms with Crippen molar-refractivity contribution in [1.82, 2.24) is 10.2 Å². The van der Waals surface area contributed by atoms with Crippen molar-refractivity contribution in [3.63, 3.8) is 0 Å². The molecule has 0 aliphatic heterocycles. The van der Waals surface area contributed by atoms with Crippen molar-refractivity contribution in [1.29, 1.82) is 0 Å². The second-order valence-electron chi connectivity index (χ2n) is 6.50. The van der Waals surface area contributed by atoms with Gasteiger partial charge in [-0.2, -0.15) is 0 Å². The molecule has 2 rings (SSSR count). The van der Waals surface area contributed by atoms with E-state index in [1.807, 2.05) is 39.0 Å². The third-order valence-electron chi connectivity index (χ3n) is 4.46. The van der Waals surface area contributed by atoms with Crippen molar-refractivity contribution < 1.29 is 14.0 Å². The van der Waals surface area contributed by atoms with E-state index < -0.39 is 0 Å². The van der Waals surface area contributed by atoms with E-state index in [1.165, 1.54) is 12.1 Å². The molecule has 2 amide bonds. The van der Waals surface area contributed by atoms with Crippen LogP contribution in [0.3, 0.4) is 0 Å². The van der Waals surface area contributed by atoms with Gasteiger partial charge in [0, 0.05) is 12.2 Å².